The average Bonchev–Trinajstić information content (AvgIpc) is 2.53. The highest BCUT2D eigenvalue weighted by Crippen LogP contribution is 2.11. The highest BCUT2D eigenvalue weighted by atomic mass is 15.3. The molecule has 0 aliphatic heterocycles. The Balaban J connectivity index is 2.41. The van der Waals surface area contributed by atoms with Gasteiger partial charge in [-0.25, -0.2) is 4.98 Å². The zero-order chi connectivity index (χ0) is 9.26. The fourth-order valence-corrected chi connectivity index (χ4v) is 1.10. The molecule has 62 valence electrons. The van der Waals surface area contributed by atoms with Gasteiger partial charge in [0.25, 0.3) is 0 Å². The molecule has 0 fully saturated rings. The number of hydrogen-bond acceptors (Lipinski definition) is 2. The Bertz CT molecular complexity index is 405. The molecule has 13 heavy (non-hydrogen) atoms. The number of aryl methyl sites for hydroxylation is 1. The maximum Gasteiger partial charge on any atom is 0.181 e. The van der Waals surface area contributed by atoms with Crippen LogP contribution in [0.15, 0.2) is 30.6 Å². The van der Waals surface area contributed by atoms with E-state index >= 15 is 0 Å². The van der Waals surface area contributed by atoms with E-state index < -0.39 is 0 Å². The lowest BCUT2D eigenvalue weighted by Crippen LogP contribution is -1.99. The second-order valence-corrected chi connectivity index (χ2v) is 2.86. The van der Waals surface area contributed by atoms with Crippen molar-refractivity contribution in [3.05, 3.63) is 30.6 Å². The van der Waals surface area contributed by atoms with Crippen molar-refractivity contribution < 1.29 is 0 Å². The van der Waals surface area contributed by atoms with Crippen LogP contribution in [0.5, 0.6) is 0 Å². The van der Waals surface area contributed by atoms with E-state index in [0.29, 0.717) is 0 Å². The lowest BCUT2D eigenvalue weighted by Gasteiger charge is -1.95. The van der Waals surface area contributed by atoms with Gasteiger partial charge in [0.2, 0.25) is 0 Å². The maximum absolute atomic E-state index is 5.56. The van der Waals surface area contributed by atoms with E-state index in [2.05, 4.69) is 10.1 Å². The summed E-state index contributed by atoms with van der Waals surface area (Å²) in [6.07, 6.45) is 1.67. The van der Waals surface area contributed by atoms with Crippen LogP contribution in [0.2, 0.25) is 0 Å². The van der Waals surface area contributed by atoms with Crippen LogP contribution in [-0.2, 0) is 7.05 Å². The molecule has 0 unspecified atom stereocenters. The molecule has 1 aromatic heterocycles. The van der Waals surface area contributed by atoms with Crippen LogP contribution < -0.4 is 5.46 Å². The van der Waals surface area contributed by atoms with Gasteiger partial charge in [-0.3, -0.25) is 4.68 Å². The smallest absolute Gasteiger partial charge is 0.181 e. The topological polar surface area (TPSA) is 30.7 Å². The standard InChI is InChI=1S/C9H8BN3/c1-13-6-11-9(12-13)7-2-4-8(10)5-3-7/h2-6H,1H3. The Morgan fingerprint density at radius 1 is 1.23 bits per heavy atom. The quantitative estimate of drug-likeness (QED) is 0.574. The van der Waals surface area contributed by atoms with E-state index in [9.17, 15) is 0 Å². The third kappa shape index (κ3) is 1.61. The van der Waals surface area contributed by atoms with Gasteiger partial charge >= 0.3 is 0 Å². The number of rotatable bonds is 1. The summed E-state index contributed by atoms with van der Waals surface area (Å²) in [5.74, 6) is 0.725. The summed E-state index contributed by atoms with van der Waals surface area (Å²) in [6, 6.07) is 7.49. The zero-order valence-electron chi connectivity index (χ0n) is 7.31. The molecule has 3 nitrogen and oxygen atoms in total. The molecule has 1 aromatic carbocycles. The van der Waals surface area contributed by atoms with Gasteiger partial charge in [-0.1, -0.05) is 29.7 Å². The summed E-state index contributed by atoms with van der Waals surface area (Å²) < 4.78 is 1.67. The molecular formula is C9H8BN3. The molecule has 0 N–H and O–H groups in total. The van der Waals surface area contributed by atoms with E-state index in [4.69, 9.17) is 7.85 Å². The Kier molecular flexibility index (Phi) is 1.89. The van der Waals surface area contributed by atoms with Gasteiger partial charge in [0.05, 0.1) is 0 Å². The molecule has 0 aliphatic carbocycles. The van der Waals surface area contributed by atoms with Gasteiger partial charge in [0.15, 0.2) is 5.82 Å². The number of hydrogen-bond donors (Lipinski definition) is 0. The number of benzene rings is 1. The summed E-state index contributed by atoms with van der Waals surface area (Å²) in [4.78, 5) is 4.13. The van der Waals surface area contributed by atoms with Crippen LogP contribution in [0.25, 0.3) is 11.4 Å². The van der Waals surface area contributed by atoms with Crippen LogP contribution in [0, 0.1) is 0 Å². The first-order valence-electron chi connectivity index (χ1n) is 3.97. The van der Waals surface area contributed by atoms with Gasteiger partial charge in [0.1, 0.15) is 14.2 Å². The minimum absolute atomic E-state index is 0.725. The third-order valence-electron chi connectivity index (χ3n) is 1.77. The summed E-state index contributed by atoms with van der Waals surface area (Å²) in [5, 5.41) is 4.18. The van der Waals surface area contributed by atoms with Crippen molar-refractivity contribution in [3.63, 3.8) is 0 Å². The Labute approximate surface area is 77.8 Å². The van der Waals surface area contributed by atoms with E-state index in [-0.39, 0.29) is 0 Å². The molecule has 0 saturated heterocycles. The van der Waals surface area contributed by atoms with Crippen molar-refractivity contribution in [3.8, 4) is 11.4 Å². The van der Waals surface area contributed by atoms with E-state index in [1.165, 1.54) is 0 Å². The summed E-state index contributed by atoms with van der Waals surface area (Å²) in [6.45, 7) is 0. The van der Waals surface area contributed by atoms with Crippen LogP contribution in [0.1, 0.15) is 0 Å². The minimum Gasteiger partial charge on any atom is -0.255 e. The molecule has 2 radical (unpaired) electrons. The van der Waals surface area contributed by atoms with Gasteiger partial charge in [-0.2, -0.15) is 5.10 Å². The minimum atomic E-state index is 0.725. The number of aromatic nitrogens is 3. The van der Waals surface area contributed by atoms with E-state index in [1.807, 2.05) is 31.3 Å². The third-order valence-corrected chi connectivity index (χ3v) is 1.77. The second-order valence-electron chi connectivity index (χ2n) is 2.86. The molecule has 2 aromatic rings. The predicted molar refractivity (Wildman–Crippen MR) is 51.8 cm³/mol. The molecule has 0 amide bonds. The summed E-state index contributed by atoms with van der Waals surface area (Å²) >= 11 is 0. The zero-order valence-corrected chi connectivity index (χ0v) is 7.31. The van der Waals surface area contributed by atoms with Crippen molar-refractivity contribution in [2.45, 2.75) is 0 Å². The lowest BCUT2D eigenvalue weighted by molar-refractivity contribution is 0.768. The Hall–Kier alpha value is -1.58. The fraction of sp³-hybridized carbons (Fsp3) is 0.111. The highest BCUT2D eigenvalue weighted by Gasteiger charge is 2.00. The molecule has 0 bridgehead atoms. The second kappa shape index (κ2) is 3.05. The lowest BCUT2D eigenvalue weighted by atomic mass is 9.95. The molecule has 0 spiro atoms. The Morgan fingerprint density at radius 3 is 2.46 bits per heavy atom. The van der Waals surface area contributed by atoms with Crippen LogP contribution in [0.3, 0.4) is 0 Å². The normalized spacial score (nSPS) is 10.2. The first-order valence-corrected chi connectivity index (χ1v) is 3.97. The van der Waals surface area contributed by atoms with Crippen molar-refractivity contribution in [2.24, 2.45) is 7.05 Å². The first-order chi connectivity index (χ1) is 6.25. The van der Waals surface area contributed by atoms with Crippen molar-refractivity contribution in [1.82, 2.24) is 14.8 Å². The Morgan fingerprint density at radius 2 is 1.92 bits per heavy atom. The van der Waals surface area contributed by atoms with E-state index in [0.717, 1.165) is 16.9 Å². The first kappa shape index (κ1) is 8.04. The fourth-order valence-electron chi connectivity index (χ4n) is 1.10. The van der Waals surface area contributed by atoms with Crippen molar-refractivity contribution in [1.29, 1.82) is 0 Å². The summed E-state index contributed by atoms with van der Waals surface area (Å²) in [7, 11) is 7.41. The SMILES string of the molecule is [B]c1ccc(-c2ncn(C)n2)cc1. The average molecular weight is 169 g/mol. The van der Waals surface area contributed by atoms with Crippen LogP contribution >= 0.6 is 0 Å². The van der Waals surface area contributed by atoms with Gasteiger partial charge in [-0.15, -0.1) is 0 Å². The summed E-state index contributed by atoms with van der Waals surface area (Å²) in [5.41, 5.74) is 1.73. The predicted octanol–water partition coefficient (Wildman–Crippen LogP) is 0.276. The molecule has 1 heterocycles. The van der Waals surface area contributed by atoms with Crippen molar-refractivity contribution >= 4 is 13.3 Å². The highest BCUT2D eigenvalue weighted by molar-refractivity contribution is 6.32. The van der Waals surface area contributed by atoms with Gasteiger partial charge in [0, 0.05) is 12.6 Å². The molecule has 0 aliphatic rings. The van der Waals surface area contributed by atoms with Crippen LogP contribution in [-0.4, -0.2) is 22.6 Å². The van der Waals surface area contributed by atoms with Crippen molar-refractivity contribution in [2.75, 3.05) is 0 Å². The maximum atomic E-state index is 5.56. The molecular weight excluding hydrogens is 161 g/mol. The number of nitrogens with zero attached hydrogens (tertiary/aromatic N) is 3. The van der Waals surface area contributed by atoms with Gasteiger partial charge in [-0.05, 0) is 0 Å². The largest absolute Gasteiger partial charge is 0.255 e. The molecule has 0 saturated carbocycles. The van der Waals surface area contributed by atoms with Gasteiger partial charge < -0.3 is 0 Å². The molecule has 0 atom stereocenters. The van der Waals surface area contributed by atoms with E-state index in [1.54, 1.807) is 11.0 Å². The van der Waals surface area contributed by atoms with Crippen LogP contribution in [0.4, 0.5) is 0 Å². The molecule has 4 heteroatoms. The molecule has 2 rings (SSSR count). The monoisotopic (exact) mass is 169 g/mol.